The third-order valence-corrected chi connectivity index (χ3v) is 14.5. The van der Waals surface area contributed by atoms with Crippen LogP contribution in [0.3, 0.4) is 0 Å². The summed E-state index contributed by atoms with van der Waals surface area (Å²) in [7, 11) is -3.15. The summed E-state index contributed by atoms with van der Waals surface area (Å²) in [5.74, 6) is 0. The first-order valence-electron chi connectivity index (χ1n) is 16.3. The van der Waals surface area contributed by atoms with Crippen molar-refractivity contribution in [2.45, 2.75) is 75.0 Å². The Morgan fingerprint density at radius 3 is 1.98 bits per heavy atom. The second kappa shape index (κ2) is 13.2. The summed E-state index contributed by atoms with van der Waals surface area (Å²) in [4.78, 5) is 0. The predicted molar refractivity (Wildman–Crippen MR) is 182 cm³/mol. The Balaban J connectivity index is 1.29. The van der Waals surface area contributed by atoms with Crippen molar-refractivity contribution in [3.63, 3.8) is 0 Å². The molecule has 0 spiro atoms. The molecule has 2 fully saturated rings. The van der Waals surface area contributed by atoms with Crippen molar-refractivity contribution in [2.75, 3.05) is 6.61 Å². The fourth-order valence-electron chi connectivity index (χ4n) is 7.17. The van der Waals surface area contributed by atoms with Gasteiger partial charge in [0.15, 0.2) is 12.6 Å². The maximum Gasteiger partial charge on any atom is 0.261 e. The molecule has 47 heavy (non-hydrogen) atoms. The predicted octanol–water partition coefficient (Wildman–Crippen LogP) is 5.28. The van der Waals surface area contributed by atoms with Gasteiger partial charge in [-0.2, -0.15) is 0 Å². The Hall–Kier alpha value is -3.44. The molecule has 2 N–H and O–H groups in total. The lowest BCUT2D eigenvalue weighted by Gasteiger charge is -2.53. The van der Waals surface area contributed by atoms with E-state index in [1.54, 1.807) is 0 Å². The van der Waals surface area contributed by atoms with E-state index in [4.69, 9.17) is 23.4 Å². The van der Waals surface area contributed by atoms with Crippen LogP contribution in [0, 0.1) is 0 Å². The molecule has 0 radical (unpaired) electrons. The van der Waals surface area contributed by atoms with Gasteiger partial charge in [-0.3, -0.25) is 0 Å². The number of rotatable bonds is 7. The summed E-state index contributed by atoms with van der Waals surface area (Å²) in [5, 5.41) is 25.4. The molecule has 7 rings (SSSR count). The molecule has 1 aliphatic carbocycles. The zero-order chi connectivity index (χ0) is 32.6. The zero-order valence-electron chi connectivity index (χ0n) is 26.9. The van der Waals surface area contributed by atoms with Gasteiger partial charge in [0.25, 0.3) is 8.32 Å². The molecule has 4 aromatic carbocycles. The first-order chi connectivity index (χ1) is 22.8. The molecule has 8 atom stereocenters. The van der Waals surface area contributed by atoms with Crippen LogP contribution in [0.2, 0.25) is 5.04 Å². The average Bonchev–Trinajstić information content (AvgIpc) is 3.10. The van der Waals surface area contributed by atoms with E-state index in [0.29, 0.717) is 0 Å². The van der Waals surface area contributed by atoms with Crippen LogP contribution in [-0.4, -0.2) is 61.9 Å². The van der Waals surface area contributed by atoms with E-state index in [1.165, 1.54) is 0 Å². The molecule has 4 aromatic rings. The molecule has 8 heteroatoms. The molecule has 0 bridgehead atoms. The summed E-state index contributed by atoms with van der Waals surface area (Å²) in [5.41, 5.74) is 2.56. The Labute approximate surface area is 277 Å². The lowest BCUT2D eigenvalue weighted by molar-refractivity contribution is -0.364. The van der Waals surface area contributed by atoms with Crippen molar-refractivity contribution in [1.82, 2.24) is 0 Å². The molecule has 2 aliphatic heterocycles. The molecule has 2 heterocycles. The standard InChI is InChI=1S/C39H42O7Si/c1-39(2,3)47(28-18-9-5-10-19-28,29-20-11-6-12-21-29)46-36-34(41)38(43-31-24-23-26-15-13-14-22-30(26)33(31)40)44-32-25-42-37(45-35(32)36)27-16-7-4-8-17-27/h4-24,31-38,40-41H,25H2,1-3H3/t31-,32-,33-,34-,35-,36-,37?,38+/m1/s1. The number of hydrogen-bond acceptors (Lipinski definition) is 7. The van der Waals surface area contributed by atoms with Crippen molar-refractivity contribution in [2.24, 2.45) is 0 Å². The van der Waals surface area contributed by atoms with Crippen LogP contribution in [0.25, 0.3) is 6.08 Å². The van der Waals surface area contributed by atoms with Gasteiger partial charge < -0.3 is 33.6 Å². The highest BCUT2D eigenvalue weighted by Crippen LogP contribution is 2.43. The third kappa shape index (κ3) is 6.05. The highest BCUT2D eigenvalue weighted by Gasteiger charge is 2.58. The second-order valence-corrected chi connectivity index (χ2v) is 17.7. The minimum absolute atomic E-state index is 0.212. The number of benzene rings is 4. The average molecular weight is 651 g/mol. The molecule has 244 valence electrons. The second-order valence-electron chi connectivity index (χ2n) is 13.5. The largest absolute Gasteiger partial charge is 0.399 e. The van der Waals surface area contributed by atoms with Crippen molar-refractivity contribution >= 4 is 24.8 Å². The van der Waals surface area contributed by atoms with Gasteiger partial charge >= 0.3 is 0 Å². The van der Waals surface area contributed by atoms with Gasteiger partial charge in [-0.25, -0.2) is 0 Å². The molecule has 3 aliphatic rings. The van der Waals surface area contributed by atoms with Gasteiger partial charge in [-0.1, -0.05) is 148 Å². The monoisotopic (exact) mass is 650 g/mol. The maximum absolute atomic E-state index is 12.3. The minimum Gasteiger partial charge on any atom is -0.399 e. The number of aliphatic hydroxyl groups excluding tert-OH is 2. The molecule has 0 aromatic heterocycles. The van der Waals surface area contributed by atoms with Crippen molar-refractivity contribution < 1.29 is 33.6 Å². The van der Waals surface area contributed by atoms with E-state index in [-0.39, 0.29) is 11.6 Å². The zero-order valence-corrected chi connectivity index (χ0v) is 27.9. The molecular weight excluding hydrogens is 609 g/mol. The Kier molecular flexibility index (Phi) is 9.04. The number of ether oxygens (including phenoxy) is 4. The first kappa shape index (κ1) is 32.1. The van der Waals surface area contributed by atoms with Gasteiger partial charge in [-0.05, 0) is 26.5 Å². The lowest BCUT2D eigenvalue weighted by atomic mass is 9.92. The highest BCUT2D eigenvalue weighted by molar-refractivity contribution is 6.99. The van der Waals surface area contributed by atoms with Crippen LogP contribution in [0.4, 0.5) is 0 Å². The molecule has 2 saturated heterocycles. The van der Waals surface area contributed by atoms with E-state index >= 15 is 0 Å². The van der Waals surface area contributed by atoms with Crippen molar-refractivity contribution in [3.8, 4) is 0 Å². The van der Waals surface area contributed by atoms with Gasteiger partial charge in [0.05, 0.1) is 6.61 Å². The van der Waals surface area contributed by atoms with Gasteiger partial charge in [-0.15, -0.1) is 0 Å². The molecular formula is C39H42O7Si. The fraction of sp³-hybridized carbons (Fsp3) is 0.333. The normalized spacial score (nSPS) is 29.1. The van der Waals surface area contributed by atoms with Crippen LogP contribution in [0.1, 0.15) is 49.9 Å². The van der Waals surface area contributed by atoms with Crippen LogP contribution in [0.15, 0.2) is 121 Å². The van der Waals surface area contributed by atoms with Crippen molar-refractivity contribution in [1.29, 1.82) is 0 Å². The van der Waals surface area contributed by atoms with E-state index in [2.05, 4.69) is 45.0 Å². The molecule has 1 unspecified atom stereocenters. The van der Waals surface area contributed by atoms with Crippen LogP contribution in [-0.2, 0) is 23.4 Å². The summed E-state index contributed by atoms with van der Waals surface area (Å²) in [6.07, 6.45) is -3.06. The topological polar surface area (TPSA) is 86.6 Å². The Morgan fingerprint density at radius 1 is 0.745 bits per heavy atom. The van der Waals surface area contributed by atoms with Gasteiger partial charge in [0.1, 0.15) is 36.6 Å². The van der Waals surface area contributed by atoms with Crippen LogP contribution < -0.4 is 10.4 Å². The molecule has 7 nitrogen and oxygen atoms in total. The van der Waals surface area contributed by atoms with E-state index in [9.17, 15) is 10.2 Å². The van der Waals surface area contributed by atoms with Crippen LogP contribution in [0.5, 0.6) is 0 Å². The number of fused-ring (bicyclic) bond motifs is 2. The maximum atomic E-state index is 12.3. The number of aliphatic hydroxyl groups is 2. The van der Waals surface area contributed by atoms with Crippen LogP contribution >= 0.6 is 0 Å². The van der Waals surface area contributed by atoms with Gasteiger partial charge in [0, 0.05) is 5.56 Å². The summed E-state index contributed by atoms with van der Waals surface area (Å²) in [6, 6.07) is 38.1. The fourth-order valence-corrected chi connectivity index (χ4v) is 11.9. The third-order valence-electron chi connectivity index (χ3n) is 9.49. The SMILES string of the molecule is CC(C)(C)[Si](O[C@@H]1[C@@H](O)[C@@H](O[C@@H]2C=Cc3ccccc3[C@H]2O)O[C@@H]2COC(c3ccccc3)O[C@@H]12)(c1ccccc1)c1ccccc1. The summed E-state index contributed by atoms with van der Waals surface area (Å²) >= 11 is 0. The number of hydrogen-bond donors (Lipinski definition) is 2. The van der Waals surface area contributed by atoms with Gasteiger partial charge in [0.2, 0.25) is 0 Å². The van der Waals surface area contributed by atoms with E-state index in [1.807, 2.05) is 103 Å². The van der Waals surface area contributed by atoms with E-state index in [0.717, 1.165) is 27.1 Å². The quantitative estimate of drug-likeness (QED) is 0.264. The van der Waals surface area contributed by atoms with E-state index < -0.39 is 57.5 Å². The van der Waals surface area contributed by atoms with Crippen molar-refractivity contribution in [3.05, 3.63) is 138 Å². The molecule has 0 amide bonds. The first-order valence-corrected chi connectivity index (χ1v) is 18.2. The smallest absolute Gasteiger partial charge is 0.261 e. The molecule has 0 saturated carbocycles. The summed E-state index contributed by atoms with van der Waals surface area (Å²) < 4.78 is 33.3. The Morgan fingerprint density at radius 2 is 1.34 bits per heavy atom. The highest BCUT2D eigenvalue weighted by atomic mass is 28.4. The minimum atomic E-state index is -3.15. The Bertz CT molecular complexity index is 1620. The lowest BCUT2D eigenvalue weighted by Crippen LogP contribution is -2.73. The summed E-state index contributed by atoms with van der Waals surface area (Å²) in [6.45, 7) is 6.82.